The van der Waals surface area contributed by atoms with Gasteiger partial charge in [0.15, 0.2) is 0 Å². The van der Waals surface area contributed by atoms with Crippen LogP contribution in [-0.2, 0) is 6.54 Å². The van der Waals surface area contributed by atoms with Crippen LogP contribution in [0.2, 0.25) is 0 Å². The van der Waals surface area contributed by atoms with Gasteiger partial charge in [0.1, 0.15) is 11.9 Å². The molecule has 0 saturated heterocycles. The van der Waals surface area contributed by atoms with Crippen LogP contribution in [0.4, 0.5) is 10.1 Å². The number of nitriles is 1. The zero-order valence-electron chi connectivity index (χ0n) is 9.73. The standard InChI is InChI=1S/C13H9BrFN3O/c14-11-4-10(17)7-18(13(11)19)6-9-3-1-2-8(5-16)12(9)15/h1-4,7H,6,17H2. The van der Waals surface area contributed by atoms with Crippen molar-refractivity contribution in [1.29, 1.82) is 5.26 Å². The lowest BCUT2D eigenvalue weighted by molar-refractivity contribution is 0.592. The van der Waals surface area contributed by atoms with Gasteiger partial charge >= 0.3 is 0 Å². The van der Waals surface area contributed by atoms with Gasteiger partial charge in [0.25, 0.3) is 5.56 Å². The Morgan fingerprint density at radius 2 is 2.21 bits per heavy atom. The number of halogens is 2. The molecule has 0 unspecified atom stereocenters. The number of nitrogen functional groups attached to an aromatic ring is 1. The third kappa shape index (κ3) is 2.66. The van der Waals surface area contributed by atoms with Gasteiger partial charge in [0.05, 0.1) is 16.6 Å². The Kier molecular flexibility index (Phi) is 3.67. The van der Waals surface area contributed by atoms with E-state index in [4.69, 9.17) is 11.0 Å². The molecule has 6 heteroatoms. The highest BCUT2D eigenvalue weighted by molar-refractivity contribution is 9.10. The van der Waals surface area contributed by atoms with Crippen molar-refractivity contribution in [3.63, 3.8) is 0 Å². The first-order chi connectivity index (χ1) is 9.02. The van der Waals surface area contributed by atoms with E-state index in [1.165, 1.54) is 29.0 Å². The molecule has 96 valence electrons. The number of benzene rings is 1. The van der Waals surface area contributed by atoms with E-state index in [9.17, 15) is 9.18 Å². The molecule has 1 aromatic carbocycles. The highest BCUT2D eigenvalue weighted by Crippen LogP contribution is 2.14. The average molecular weight is 322 g/mol. The predicted molar refractivity (Wildman–Crippen MR) is 73.0 cm³/mol. The van der Waals surface area contributed by atoms with Crippen molar-refractivity contribution in [3.8, 4) is 6.07 Å². The largest absolute Gasteiger partial charge is 0.398 e. The minimum Gasteiger partial charge on any atom is -0.398 e. The number of nitrogens with two attached hydrogens (primary N) is 1. The third-order valence-electron chi connectivity index (χ3n) is 2.60. The molecule has 0 amide bonds. The van der Waals surface area contributed by atoms with Gasteiger partial charge in [-0.1, -0.05) is 12.1 Å². The topological polar surface area (TPSA) is 71.8 Å². The van der Waals surface area contributed by atoms with Crippen LogP contribution in [0.1, 0.15) is 11.1 Å². The molecule has 19 heavy (non-hydrogen) atoms. The van der Waals surface area contributed by atoms with Gasteiger partial charge in [-0.05, 0) is 28.1 Å². The highest BCUT2D eigenvalue weighted by Gasteiger charge is 2.10. The maximum atomic E-state index is 13.9. The van der Waals surface area contributed by atoms with Gasteiger partial charge in [-0.15, -0.1) is 0 Å². The molecule has 2 rings (SSSR count). The number of pyridine rings is 1. The van der Waals surface area contributed by atoms with Crippen LogP contribution < -0.4 is 11.3 Å². The molecule has 0 aliphatic rings. The normalized spacial score (nSPS) is 10.2. The van der Waals surface area contributed by atoms with Gasteiger partial charge in [-0.2, -0.15) is 5.26 Å². The molecular formula is C13H9BrFN3O. The second-order valence-electron chi connectivity index (χ2n) is 3.94. The first-order valence-electron chi connectivity index (χ1n) is 5.36. The zero-order chi connectivity index (χ0) is 14.0. The summed E-state index contributed by atoms with van der Waals surface area (Å²) in [5, 5.41) is 8.77. The third-order valence-corrected chi connectivity index (χ3v) is 3.17. The van der Waals surface area contributed by atoms with Crippen LogP contribution >= 0.6 is 15.9 Å². The Hall–Kier alpha value is -2.13. The average Bonchev–Trinajstić information content (AvgIpc) is 2.37. The number of aromatic nitrogens is 1. The molecule has 0 radical (unpaired) electrons. The molecule has 2 aromatic rings. The Bertz CT molecular complexity index is 734. The predicted octanol–water partition coefficient (Wildman–Crippen LogP) is 2.25. The maximum Gasteiger partial charge on any atom is 0.265 e. The van der Waals surface area contributed by atoms with Crippen LogP contribution in [-0.4, -0.2) is 4.57 Å². The quantitative estimate of drug-likeness (QED) is 0.922. The minimum absolute atomic E-state index is 0.0177. The Labute approximate surface area is 117 Å². The van der Waals surface area contributed by atoms with Crippen LogP contribution in [0.25, 0.3) is 0 Å². The number of hydrogen-bond acceptors (Lipinski definition) is 3. The first kappa shape index (κ1) is 13.3. The fourth-order valence-corrected chi connectivity index (χ4v) is 2.20. The van der Waals surface area contributed by atoms with Crippen molar-refractivity contribution in [2.45, 2.75) is 6.54 Å². The van der Waals surface area contributed by atoms with Gasteiger partial charge in [-0.3, -0.25) is 4.79 Å². The minimum atomic E-state index is -0.615. The molecule has 0 spiro atoms. The van der Waals surface area contributed by atoms with Crippen molar-refractivity contribution in [2.75, 3.05) is 5.73 Å². The fourth-order valence-electron chi connectivity index (χ4n) is 1.71. The zero-order valence-corrected chi connectivity index (χ0v) is 11.3. The lowest BCUT2D eigenvalue weighted by atomic mass is 10.1. The van der Waals surface area contributed by atoms with E-state index in [1.54, 1.807) is 12.1 Å². The molecular weight excluding hydrogens is 313 g/mol. The van der Waals surface area contributed by atoms with Gasteiger partial charge in [-0.25, -0.2) is 4.39 Å². The number of hydrogen-bond donors (Lipinski definition) is 1. The SMILES string of the molecule is N#Cc1cccc(Cn2cc(N)cc(Br)c2=O)c1F. The second-order valence-corrected chi connectivity index (χ2v) is 4.80. The summed E-state index contributed by atoms with van der Waals surface area (Å²) in [6, 6.07) is 7.74. The smallest absolute Gasteiger partial charge is 0.265 e. The summed E-state index contributed by atoms with van der Waals surface area (Å²) >= 11 is 3.10. The summed E-state index contributed by atoms with van der Waals surface area (Å²) in [6.45, 7) is 0.0177. The summed E-state index contributed by atoms with van der Waals surface area (Å²) in [5.41, 5.74) is 5.94. The highest BCUT2D eigenvalue weighted by atomic mass is 79.9. The van der Waals surface area contributed by atoms with E-state index in [2.05, 4.69) is 15.9 Å². The molecule has 0 saturated carbocycles. The fraction of sp³-hybridized carbons (Fsp3) is 0.0769. The van der Waals surface area contributed by atoms with E-state index in [0.29, 0.717) is 10.2 Å². The second kappa shape index (κ2) is 5.24. The van der Waals surface area contributed by atoms with Crippen molar-refractivity contribution in [2.24, 2.45) is 0 Å². The molecule has 0 fully saturated rings. The van der Waals surface area contributed by atoms with Crippen LogP contribution in [0.3, 0.4) is 0 Å². The molecule has 4 nitrogen and oxygen atoms in total. The molecule has 1 aromatic heterocycles. The van der Waals surface area contributed by atoms with Crippen LogP contribution in [0, 0.1) is 17.1 Å². The summed E-state index contributed by atoms with van der Waals surface area (Å²) < 4.78 is 15.5. The van der Waals surface area contributed by atoms with E-state index in [1.807, 2.05) is 0 Å². The maximum absolute atomic E-state index is 13.9. The van der Waals surface area contributed by atoms with E-state index in [0.717, 1.165) is 0 Å². The summed E-state index contributed by atoms with van der Waals surface area (Å²) in [4.78, 5) is 11.9. The molecule has 0 aliphatic carbocycles. The van der Waals surface area contributed by atoms with Crippen molar-refractivity contribution >= 4 is 21.6 Å². The van der Waals surface area contributed by atoms with Crippen molar-refractivity contribution in [1.82, 2.24) is 4.57 Å². The Morgan fingerprint density at radius 3 is 2.89 bits per heavy atom. The lowest BCUT2D eigenvalue weighted by Gasteiger charge is -2.09. The van der Waals surface area contributed by atoms with Gasteiger partial charge in [0.2, 0.25) is 0 Å². The van der Waals surface area contributed by atoms with Crippen molar-refractivity contribution in [3.05, 3.63) is 62.2 Å². The van der Waals surface area contributed by atoms with E-state index >= 15 is 0 Å². The number of rotatable bonds is 2. The summed E-state index contributed by atoms with van der Waals surface area (Å²) in [6.07, 6.45) is 1.44. The van der Waals surface area contributed by atoms with Crippen LogP contribution in [0.15, 0.2) is 39.7 Å². The Balaban J connectivity index is 2.49. The molecule has 0 aliphatic heterocycles. The lowest BCUT2D eigenvalue weighted by Crippen LogP contribution is -2.22. The monoisotopic (exact) mass is 321 g/mol. The summed E-state index contributed by atoms with van der Waals surface area (Å²) in [7, 11) is 0. The number of nitrogens with zero attached hydrogens (tertiary/aromatic N) is 2. The Morgan fingerprint density at radius 1 is 1.47 bits per heavy atom. The molecule has 1 heterocycles. The van der Waals surface area contributed by atoms with Gasteiger partial charge < -0.3 is 10.3 Å². The molecule has 0 atom stereocenters. The number of anilines is 1. The van der Waals surface area contributed by atoms with E-state index < -0.39 is 5.82 Å². The van der Waals surface area contributed by atoms with Crippen LogP contribution in [0.5, 0.6) is 0 Å². The molecule has 2 N–H and O–H groups in total. The van der Waals surface area contributed by atoms with Crippen molar-refractivity contribution < 1.29 is 4.39 Å². The summed E-state index contributed by atoms with van der Waals surface area (Å²) in [5.74, 6) is -0.615. The van der Waals surface area contributed by atoms with Gasteiger partial charge in [0, 0.05) is 17.4 Å². The first-order valence-corrected chi connectivity index (χ1v) is 6.15. The molecule has 0 bridgehead atoms. The van der Waals surface area contributed by atoms with E-state index in [-0.39, 0.29) is 23.2 Å².